The van der Waals surface area contributed by atoms with E-state index in [-0.39, 0.29) is 11.3 Å². The van der Waals surface area contributed by atoms with Crippen molar-refractivity contribution in [3.63, 3.8) is 0 Å². The van der Waals surface area contributed by atoms with Crippen LogP contribution in [0.4, 0.5) is 8.78 Å². The van der Waals surface area contributed by atoms with Crippen LogP contribution in [0.3, 0.4) is 0 Å². The second-order valence-electron chi connectivity index (χ2n) is 3.58. The van der Waals surface area contributed by atoms with Gasteiger partial charge in [-0.05, 0) is 25.0 Å². The van der Waals surface area contributed by atoms with E-state index in [1.807, 2.05) is 0 Å². The normalized spacial score (nSPS) is 10.4. The van der Waals surface area contributed by atoms with Crippen molar-refractivity contribution >= 4 is 21.7 Å². The van der Waals surface area contributed by atoms with E-state index >= 15 is 0 Å². The molecule has 0 aliphatic carbocycles. The van der Waals surface area contributed by atoms with Crippen molar-refractivity contribution < 1.29 is 13.6 Å². The molecule has 1 rings (SSSR count). The first-order valence-electron chi connectivity index (χ1n) is 5.18. The maximum atomic E-state index is 12.8. The van der Waals surface area contributed by atoms with Gasteiger partial charge in [-0.3, -0.25) is 4.79 Å². The van der Waals surface area contributed by atoms with Gasteiger partial charge in [0.2, 0.25) is 0 Å². The van der Waals surface area contributed by atoms with Gasteiger partial charge in [0.05, 0.1) is 0 Å². The summed E-state index contributed by atoms with van der Waals surface area (Å²) in [4.78, 5) is 11.6. The van der Waals surface area contributed by atoms with Gasteiger partial charge in [0.15, 0.2) is 5.78 Å². The Bertz CT molecular complexity index is 346. The molecule has 1 aromatic rings. The van der Waals surface area contributed by atoms with Crippen LogP contribution in [-0.2, 0) is 0 Å². The fourth-order valence-electron chi connectivity index (χ4n) is 1.42. The standard InChI is InChI=1S/C12H13BrF2O/c13-5-3-1-2-4-12(16)9-6-10(14)8-11(15)7-9/h6-8H,1-5H2. The van der Waals surface area contributed by atoms with Crippen LogP contribution in [-0.4, -0.2) is 11.1 Å². The largest absolute Gasteiger partial charge is 0.294 e. The van der Waals surface area contributed by atoms with Crippen molar-refractivity contribution in [3.8, 4) is 0 Å². The number of hydrogen-bond acceptors (Lipinski definition) is 1. The summed E-state index contributed by atoms with van der Waals surface area (Å²) in [5.74, 6) is -1.61. The molecule has 1 aromatic carbocycles. The minimum atomic E-state index is -0.705. The fourth-order valence-corrected chi connectivity index (χ4v) is 1.81. The molecule has 0 fully saturated rings. The number of rotatable bonds is 6. The molecule has 0 atom stereocenters. The second-order valence-corrected chi connectivity index (χ2v) is 4.37. The van der Waals surface area contributed by atoms with E-state index in [0.29, 0.717) is 6.42 Å². The molecule has 0 heterocycles. The first kappa shape index (κ1) is 13.3. The van der Waals surface area contributed by atoms with E-state index in [9.17, 15) is 13.6 Å². The van der Waals surface area contributed by atoms with Crippen LogP contribution in [0.25, 0.3) is 0 Å². The number of carbonyl (C=O) groups excluding carboxylic acids is 1. The average Bonchev–Trinajstić information content (AvgIpc) is 2.22. The van der Waals surface area contributed by atoms with Gasteiger partial charge < -0.3 is 0 Å². The summed E-state index contributed by atoms with van der Waals surface area (Å²) in [7, 11) is 0. The van der Waals surface area contributed by atoms with Gasteiger partial charge in [-0.15, -0.1) is 0 Å². The van der Waals surface area contributed by atoms with Gasteiger partial charge in [-0.25, -0.2) is 8.78 Å². The molecule has 88 valence electrons. The molecule has 0 saturated carbocycles. The molecule has 0 saturated heterocycles. The quantitative estimate of drug-likeness (QED) is 0.438. The highest BCUT2D eigenvalue weighted by Gasteiger charge is 2.08. The first-order valence-corrected chi connectivity index (χ1v) is 6.31. The Morgan fingerprint density at radius 3 is 2.25 bits per heavy atom. The van der Waals surface area contributed by atoms with Crippen molar-refractivity contribution in [2.75, 3.05) is 5.33 Å². The van der Waals surface area contributed by atoms with E-state index in [1.165, 1.54) is 0 Å². The van der Waals surface area contributed by atoms with Crippen LogP contribution < -0.4 is 0 Å². The number of carbonyl (C=O) groups is 1. The second kappa shape index (κ2) is 6.74. The summed E-state index contributed by atoms with van der Waals surface area (Å²) < 4.78 is 25.7. The third kappa shape index (κ3) is 4.39. The molecule has 0 bridgehead atoms. The predicted octanol–water partition coefficient (Wildman–Crippen LogP) is 4.10. The number of alkyl halides is 1. The molecular formula is C12H13BrF2O. The summed E-state index contributed by atoms with van der Waals surface area (Å²) in [6.07, 6.45) is 3.04. The van der Waals surface area contributed by atoms with Gasteiger partial charge in [-0.1, -0.05) is 22.4 Å². The Morgan fingerprint density at radius 1 is 1.06 bits per heavy atom. The maximum Gasteiger partial charge on any atom is 0.163 e. The summed E-state index contributed by atoms with van der Waals surface area (Å²) in [5.41, 5.74) is 0.122. The molecule has 0 spiro atoms. The SMILES string of the molecule is O=C(CCCCCBr)c1cc(F)cc(F)c1. The lowest BCUT2D eigenvalue weighted by atomic mass is 10.0. The van der Waals surface area contributed by atoms with Gasteiger partial charge in [-0.2, -0.15) is 0 Å². The molecule has 4 heteroatoms. The zero-order valence-electron chi connectivity index (χ0n) is 8.81. The molecule has 16 heavy (non-hydrogen) atoms. The van der Waals surface area contributed by atoms with Crippen molar-refractivity contribution in [2.24, 2.45) is 0 Å². The number of Topliss-reactive ketones (excluding diaryl/α,β-unsaturated/α-hetero) is 1. The van der Waals surface area contributed by atoms with Gasteiger partial charge >= 0.3 is 0 Å². The van der Waals surface area contributed by atoms with E-state index in [0.717, 1.165) is 42.8 Å². The maximum absolute atomic E-state index is 12.8. The highest BCUT2D eigenvalue weighted by atomic mass is 79.9. The van der Waals surface area contributed by atoms with Crippen LogP contribution in [0, 0.1) is 11.6 Å². The van der Waals surface area contributed by atoms with Gasteiger partial charge in [0.1, 0.15) is 11.6 Å². The minimum absolute atomic E-state index is 0.122. The number of hydrogen-bond donors (Lipinski definition) is 0. The minimum Gasteiger partial charge on any atom is -0.294 e. The summed E-state index contributed by atoms with van der Waals surface area (Å²) in [6.45, 7) is 0. The summed E-state index contributed by atoms with van der Waals surface area (Å²) in [5, 5.41) is 0.912. The smallest absolute Gasteiger partial charge is 0.163 e. The highest BCUT2D eigenvalue weighted by molar-refractivity contribution is 9.09. The number of unbranched alkanes of at least 4 members (excludes halogenated alkanes) is 2. The van der Waals surface area contributed by atoms with Crippen LogP contribution in [0.1, 0.15) is 36.0 Å². The zero-order valence-corrected chi connectivity index (χ0v) is 10.4. The van der Waals surface area contributed by atoms with E-state index in [4.69, 9.17) is 0 Å². The third-order valence-electron chi connectivity index (χ3n) is 2.22. The molecule has 0 amide bonds. The zero-order chi connectivity index (χ0) is 12.0. The monoisotopic (exact) mass is 290 g/mol. The van der Waals surface area contributed by atoms with Gasteiger partial charge in [0.25, 0.3) is 0 Å². The molecule has 0 N–H and O–H groups in total. The lowest BCUT2D eigenvalue weighted by molar-refractivity contribution is 0.0978. The molecule has 0 unspecified atom stereocenters. The van der Waals surface area contributed by atoms with Crippen LogP contribution in [0.2, 0.25) is 0 Å². The highest BCUT2D eigenvalue weighted by Crippen LogP contribution is 2.12. The molecular weight excluding hydrogens is 278 g/mol. The Labute approximate surface area is 102 Å². The molecule has 0 aromatic heterocycles. The van der Waals surface area contributed by atoms with Crippen molar-refractivity contribution in [3.05, 3.63) is 35.4 Å². The average molecular weight is 291 g/mol. The third-order valence-corrected chi connectivity index (χ3v) is 2.78. The Balaban J connectivity index is 2.52. The Morgan fingerprint density at radius 2 is 1.69 bits per heavy atom. The van der Waals surface area contributed by atoms with Crippen molar-refractivity contribution in [1.82, 2.24) is 0 Å². The van der Waals surface area contributed by atoms with Crippen molar-refractivity contribution in [2.45, 2.75) is 25.7 Å². The Hall–Kier alpha value is -0.770. The van der Waals surface area contributed by atoms with Crippen LogP contribution >= 0.6 is 15.9 Å². The van der Waals surface area contributed by atoms with E-state index < -0.39 is 11.6 Å². The fraction of sp³-hybridized carbons (Fsp3) is 0.417. The lowest BCUT2D eigenvalue weighted by Crippen LogP contribution is -2.00. The summed E-state index contributed by atoms with van der Waals surface area (Å²) >= 11 is 3.30. The Kier molecular flexibility index (Phi) is 5.60. The summed E-state index contributed by atoms with van der Waals surface area (Å²) in [6, 6.07) is 2.92. The topological polar surface area (TPSA) is 17.1 Å². The van der Waals surface area contributed by atoms with Gasteiger partial charge in [0, 0.05) is 23.4 Å². The van der Waals surface area contributed by atoms with E-state index in [1.54, 1.807) is 0 Å². The molecule has 0 aliphatic rings. The molecule has 0 aliphatic heterocycles. The van der Waals surface area contributed by atoms with Crippen LogP contribution in [0.15, 0.2) is 18.2 Å². The number of benzene rings is 1. The lowest BCUT2D eigenvalue weighted by Gasteiger charge is -2.01. The number of ketones is 1. The van der Waals surface area contributed by atoms with E-state index in [2.05, 4.69) is 15.9 Å². The predicted molar refractivity (Wildman–Crippen MR) is 63.0 cm³/mol. The van der Waals surface area contributed by atoms with Crippen LogP contribution in [0.5, 0.6) is 0 Å². The first-order chi connectivity index (χ1) is 7.63. The molecule has 1 nitrogen and oxygen atoms in total. The number of halogens is 3. The molecule has 0 radical (unpaired) electrons. The van der Waals surface area contributed by atoms with Crippen molar-refractivity contribution in [1.29, 1.82) is 0 Å².